The van der Waals surface area contributed by atoms with E-state index in [4.69, 9.17) is 4.74 Å². The summed E-state index contributed by atoms with van der Waals surface area (Å²) < 4.78 is 35.3. The first kappa shape index (κ1) is 20.4. The molecular formula is C23H23F2N5O2. The number of carbonyl (C=O) groups is 1. The number of anilines is 2. The SMILES string of the molecule is O=C1O[C@]2(CC[C@H](CNc3nn(-c4ccccc4F)cc3F)CC2)CN1c1ccccn1. The van der Waals surface area contributed by atoms with Gasteiger partial charge in [0.2, 0.25) is 0 Å². The van der Waals surface area contributed by atoms with Crippen LogP contribution in [0.1, 0.15) is 25.7 Å². The summed E-state index contributed by atoms with van der Waals surface area (Å²) >= 11 is 0. The molecule has 0 bridgehead atoms. The van der Waals surface area contributed by atoms with Crippen LogP contribution in [0.3, 0.4) is 0 Å². The summed E-state index contributed by atoms with van der Waals surface area (Å²) in [6.45, 7) is 1.03. The van der Waals surface area contributed by atoms with Crippen LogP contribution in [-0.4, -0.2) is 39.5 Å². The van der Waals surface area contributed by atoms with E-state index >= 15 is 0 Å². The van der Waals surface area contributed by atoms with E-state index in [0.29, 0.717) is 24.8 Å². The Morgan fingerprint density at radius 2 is 1.88 bits per heavy atom. The lowest BCUT2D eigenvalue weighted by molar-refractivity contribution is 0.0148. The molecule has 1 saturated heterocycles. The summed E-state index contributed by atoms with van der Waals surface area (Å²) in [4.78, 5) is 18.2. The molecular weight excluding hydrogens is 416 g/mol. The molecule has 166 valence electrons. The Morgan fingerprint density at radius 3 is 2.62 bits per heavy atom. The van der Waals surface area contributed by atoms with Crippen molar-refractivity contribution in [3.05, 3.63) is 66.5 Å². The number of para-hydroxylation sites is 1. The van der Waals surface area contributed by atoms with Crippen LogP contribution in [-0.2, 0) is 4.74 Å². The Bertz CT molecular complexity index is 1110. The summed E-state index contributed by atoms with van der Waals surface area (Å²) in [6.07, 6.45) is 5.61. The van der Waals surface area contributed by atoms with Gasteiger partial charge in [-0.05, 0) is 55.9 Å². The normalized spacial score (nSPS) is 22.9. The van der Waals surface area contributed by atoms with E-state index in [-0.39, 0.29) is 17.6 Å². The maximum atomic E-state index is 14.3. The van der Waals surface area contributed by atoms with E-state index in [9.17, 15) is 13.6 Å². The van der Waals surface area contributed by atoms with Crippen molar-refractivity contribution < 1.29 is 18.3 Å². The highest BCUT2D eigenvalue weighted by molar-refractivity contribution is 5.89. The van der Waals surface area contributed by atoms with E-state index in [1.807, 2.05) is 6.07 Å². The molecule has 1 saturated carbocycles. The number of hydrogen-bond donors (Lipinski definition) is 1. The Labute approximate surface area is 184 Å². The summed E-state index contributed by atoms with van der Waals surface area (Å²) in [5.41, 5.74) is -0.303. The van der Waals surface area contributed by atoms with Gasteiger partial charge >= 0.3 is 6.09 Å². The van der Waals surface area contributed by atoms with Crippen molar-refractivity contribution in [2.75, 3.05) is 23.3 Å². The third-order valence-corrected chi connectivity index (χ3v) is 6.24. The number of amides is 1. The highest BCUT2D eigenvalue weighted by atomic mass is 19.1. The number of benzene rings is 1. The van der Waals surface area contributed by atoms with Gasteiger partial charge in [0, 0.05) is 12.7 Å². The van der Waals surface area contributed by atoms with Crippen LogP contribution in [0.15, 0.2) is 54.9 Å². The van der Waals surface area contributed by atoms with Crippen molar-refractivity contribution in [3.63, 3.8) is 0 Å². The van der Waals surface area contributed by atoms with E-state index < -0.39 is 17.2 Å². The Balaban J connectivity index is 1.18. The molecule has 1 aromatic carbocycles. The standard InChI is InChI=1S/C23H23F2N5O2/c24-17-5-1-2-6-19(17)30-14-18(25)21(28-30)27-13-16-8-10-23(11-9-16)15-29(22(31)32-23)20-7-3-4-12-26-20/h1-7,12,14,16H,8-11,13,15H2,(H,27,28)/t16-,23-. The molecule has 1 amide bonds. The number of halogens is 2. The smallest absolute Gasteiger partial charge is 0.416 e. The van der Waals surface area contributed by atoms with E-state index in [2.05, 4.69) is 15.4 Å². The van der Waals surface area contributed by atoms with Gasteiger partial charge in [-0.25, -0.2) is 23.2 Å². The minimum atomic E-state index is -0.531. The number of nitrogens with one attached hydrogen (secondary N) is 1. The molecule has 0 radical (unpaired) electrons. The number of pyridine rings is 1. The zero-order chi connectivity index (χ0) is 22.1. The van der Waals surface area contributed by atoms with E-state index in [1.54, 1.807) is 41.4 Å². The maximum absolute atomic E-state index is 14.3. The fraction of sp³-hybridized carbons (Fsp3) is 0.348. The molecule has 7 nitrogen and oxygen atoms in total. The molecule has 3 aromatic rings. The van der Waals surface area contributed by atoms with Gasteiger partial charge in [-0.15, -0.1) is 5.10 Å². The van der Waals surface area contributed by atoms with Crippen molar-refractivity contribution in [3.8, 4) is 5.69 Å². The van der Waals surface area contributed by atoms with E-state index in [0.717, 1.165) is 25.7 Å². The van der Waals surface area contributed by atoms with Crippen LogP contribution in [0.2, 0.25) is 0 Å². The fourth-order valence-electron chi connectivity index (χ4n) is 4.46. The van der Waals surface area contributed by atoms with Crippen molar-refractivity contribution in [1.82, 2.24) is 14.8 Å². The minimum Gasteiger partial charge on any atom is -0.441 e. The highest BCUT2D eigenvalue weighted by Gasteiger charge is 2.48. The van der Waals surface area contributed by atoms with Gasteiger partial charge in [0.25, 0.3) is 0 Å². The van der Waals surface area contributed by atoms with Gasteiger partial charge in [0.1, 0.15) is 22.9 Å². The van der Waals surface area contributed by atoms with Gasteiger partial charge in [0.15, 0.2) is 11.6 Å². The summed E-state index contributed by atoms with van der Waals surface area (Å²) in [7, 11) is 0. The van der Waals surface area contributed by atoms with Crippen LogP contribution in [0.5, 0.6) is 0 Å². The van der Waals surface area contributed by atoms with Crippen molar-refractivity contribution >= 4 is 17.7 Å². The topological polar surface area (TPSA) is 72.3 Å². The third-order valence-electron chi connectivity index (χ3n) is 6.24. The lowest BCUT2D eigenvalue weighted by Gasteiger charge is -2.35. The van der Waals surface area contributed by atoms with E-state index in [1.165, 1.54) is 16.9 Å². The fourth-order valence-corrected chi connectivity index (χ4v) is 4.46. The monoisotopic (exact) mass is 439 g/mol. The van der Waals surface area contributed by atoms with Gasteiger partial charge in [-0.3, -0.25) is 4.90 Å². The predicted molar refractivity (Wildman–Crippen MR) is 115 cm³/mol. The molecule has 9 heteroatoms. The largest absolute Gasteiger partial charge is 0.441 e. The molecule has 1 N–H and O–H groups in total. The number of rotatable bonds is 5. The lowest BCUT2D eigenvalue weighted by Crippen LogP contribution is -2.39. The third kappa shape index (κ3) is 3.90. The molecule has 5 rings (SSSR count). The Kier molecular flexibility index (Phi) is 5.24. The van der Waals surface area contributed by atoms with Crippen molar-refractivity contribution in [2.24, 2.45) is 5.92 Å². The second-order valence-electron chi connectivity index (χ2n) is 8.37. The van der Waals surface area contributed by atoms with Crippen molar-refractivity contribution in [2.45, 2.75) is 31.3 Å². The van der Waals surface area contributed by atoms with Crippen LogP contribution in [0.25, 0.3) is 5.69 Å². The van der Waals surface area contributed by atoms with Crippen LogP contribution in [0, 0.1) is 17.6 Å². The van der Waals surface area contributed by atoms with Gasteiger partial charge in [0.05, 0.1) is 12.7 Å². The highest BCUT2D eigenvalue weighted by Crippen LogP contribution is 2.40. The van der Waals surface area contributed by atoms with Crippen LogP contribution < -0.4 is 10.2 Å². The number of aromatic nitrogens is 3. The number of nitrogens with zero attached hydrogens (tertiary/aromatic N) is 4. The molecule has 2 aliphatic rings. The maximum Gasteiger partial charge on any atom is 0.416 e. The molecule has 2 aromatic heterocycles. The summed E-state index contributed by atoms with van der Waals surface area (Å²) in [5.74, 6) is -0.0104. The predicted octanol–water partition coefficient (Wildman–Crippen LogP) is 4.54. The van der Waals surface area contributed by atoms with Crippen molar-refractivity contribution in [1.29, 1.82) is 0 Å². The van der Waals surface area contributed by atoms with Gasteiger partial charge < -0.3 is 10.1 Å². The zero-order valence-electron chi connectivity index (χ0n) is 17.4. The van der Waals surface area contributed by atoms with Gasteiger partial charge in [-0.2, -0.15) is 0 Å². The lowest BCUT2D eigenvalue weighted by atomic mass is 9.78. The second kappa shape index (κ2) is 8.22. The van der Waals surface area contributed by atoms with Crippen LogP contribution in [0.4, 0.5) is 25.2 Å². The molecule has 0 unspecified atom stereocenters. The first-order valence-electron chi connectivity index (χ1n) is 10.7. The zero-order valence-corrected chi connectivity index (χ0v) is 17.4. The molecule has 1 spiro atoms. The minimum absolute atomic E-state index is 0.0992. The first-order valence-corrected chi connectivity index (χ1v) is 10.7. The average Bonchev–Trinajstić information content (AvgIpc) is 3.34. The molecule has 3 heterocycles. The van der Waals surface area contributed by atoms with Gasteiger partial charge in [-0.1, -0.05) is 18.2 Å². The first-order chi connectivity index (χ1) is 15.5. The molecule has 1 aliphatic heterocycles. The Hall–Kier alpha value is -3.49. The molecule has 1 aliphatic carbocycles. The number of hydrogen-bond acceptors (Lipinski definition) is 5. The number of ether oxygens (including phenoxy) is 1. The van der Waals surface area contributed by atoms with Crippen LogP contribution >= 0.6 is 0 Å². The quantitative estimate of drug-likeness (QED) is 0.632. The molecule has 2 fully saturated rings. The number of carbonyl (C=O) groups excluding carboxylic acids is 1. The Morgan fingerprint density at radius 1 is 1.09 bits per heavy atom. The average molecular weight is 439 g/mol. The molecule has 0 atom stereocenters. The summed E-state index contributed by atoms with van der Waals surface area (Å²) in [5, 5.41) is 7.21. The molecule has 32 heavy (non-hydrogen) atoms. The summed E-state index contributed by atoms with van der Waals surface area (Å²) in [6, 6.07) is 11.6. The second-order valence-corrected chi connectivity index (χ2v) is 8.37.